The Kier molecular flexibility index (Phi) is 3.56. The Morgan fingerprint density at radius 2 is 2.10 bits per heavy atom. The molecule has 2 N–H and O–H groups in total. The molecule has 1 aromatic carbocycles. The normalized spacial score (nSPS) is 26.0. The van der Waals surface area contributed by atoms with Gasteiger partial charge in [-0.15, -0.1) is 0 Å². The molecule has 108 valence electrons. The minimum absolute atomic E-state index is 0.0102. The van der Waals surface area contributed by atoms with Gasteiger partial charge in [0.15, 0.2) is 0 Å². The number of nitrogens with two attached hydrogens (primary N) is 1. The molecule has 3 rings (SSSR count). The van der Waals surface area contributed by atoms with Crippen LogP contribution in [-0.4, -0.2) is 30.3 Å². The molecule has 1 aliphatic heterocycles. The van der Waals surface area contributed by atoms with Crippen molar-refractivity contribution in [1.82, 2.24) is 4.31 Å². The molecule has 6 heteroatoms. The molecule has 2 bridgehead atoms. The van der Waals surface area contributed by atoms with Crippen molar-refractivity contribution in [3.63, 3.8) is 0 Å². The van der Waals surface area contributed by atoms with Crippen LogP contribution in [0.4, 0.5) is 0 Å². The second kappa shape index (κ2) is 5.09. The van der Waals surface area contributed by atoms with E-state index in [9.17, 15) is 8.42 Å². The summed E-state index contributed by atoms with van der Waals surface area (Å²) in [6.07, 6.45) is 3.19. The molecular weight excluding hydrogens is 292 g/mol. The zero-order valence-electron chi connectivity index (χ0n) is 11.2. The number of hydrogen-bond acceptors (Lipinski definition) is 3. The summed E-state index contributed by atoms with van der Waals surface area (Å²) >= 11 is 5.00. The summed E-state index contributed by atoms with van der Waals surface area (Å²) < 4.78 is 26.9. The van der Waals surface area contributed by atoms with Crippen molar-refractivity contribution in [2.45, 2.75) is 31.1 Å². The van der Waals surface area contributed by atoms with Gasteiger partial charge in [-0.3, -0.25) is 0 Å². The summed E-state index contributed by atoms with van der Waals surface area (Å²) in [7, 11) is -3.28. The van der Waals surface area contributed by atoms with E-state index in [-0.39, 0.29) is 16.8 Å². The molecular formula is C14H18N2O2S2. The van der Waals surface area contributed by atoms with Crippen LogP contribution >= 0.6 is 12.2 Å². The largest absolute Gasteiger partial charge is 0.389 e. The van der Waals surface area contributed by atoms with Crippen LogP contribution in [0.15, 0.2) is 24.3 Å². The monoisotopic (exact) mass is 310 g/mol. The van der Waals surface area contributed by atoms with Gasteiger partial charge in [0.05, 0.1) is 5.75 Å². The predicted octanol–water partition coefficient (Wildman–Crippen LogP) is 1.63. The van der Waals surface area contributed by atoms with Crippen LogP contribution in [0.5, 0.6) is 0 Å². The molecule has 1 saturated carbocycles. The van der Waals surface area contributed by atoms with Crippen LogP contribution in [0.1, 0.15) is 30.4 Å². The molecule has 0 aromatic heterocycles. The van der Waals surface area contributed by atoms with Crippen LogP contribution in [0.3, 0.4) is 0 Å². The number of fused-ring (bicyclic) bond motifs is 2. The highest BCUT2D eigenvalue weighted by Gasteiger charge is 2.43. The molecule has 0 radical (unpaired) electrons. The molecule has 4 nitrogen and oxygen atoms in total. The fraction of sp³-hybridized carbons (Fsp3) is 0.500. The van der Waals surface area contributed by atoms with Gasteiger partial charge < -0.3 is 5.73 Å². The van der Waals surface area contributed by atoms with Gasteiger partial charge in [-0.25, -0.2) is 8.42 Å². The number of sulfonamides is 1. The highest BCUT2D eigenvalue weighted by Crippen LogP contribution is 2.39. The van der Waals surface area contributed by atoms with E-state index in [0.717, 1.165) is 12.8 Å². The fourth-order valence-corrected chi connectivity index (χ4v) is 5.48. The zero-order chi connectivity index (χ0) is 14.3. The van der Waals surface area contributed by atoms with Gasteiger partial charge in [0.25, 0.3) is 0 Å². The lowest BCUT2D eigenvalue weighted by molar-refractivity contribution is 0.333. The van der Waals surface area contributed by atoms with Crippen molar-refractivity contribution >= 4 is 27.2 Å². The van der Waals surface area contributed by atoms with Crippen LogP contribution in [-0.2, 0) is 15.8 Å². The zero-order valence-corrected chi connectivity index (χ0v) is 12.8. The Balaban J connectivity index is 1.85. The lowest BCUT2D eigenvalue weighted by Gasteiger charge is -2.26. The van der Waals surface area contributed by atoms with E-state index in [2.05, 4.69) is 0 Å². The van der Waals surface area contributed by atoms with Crippen molar-refractivity contribution < 1.29 is 8.42 Å². The number of nitrogens with zero attached hydrogens (tertiary/aromatic N) is 1. The first kappa shape index (κ1) is 14.0. The van der Waals surface area contributed by atoms with E-state index in [0.29, 0.717) is 23.6 Å². The average Bonchev–Trinajstić information content (AvgIpc) is 3.01. The molecule has 0 amide bonds. The topological polar surface area (TPSA) is 63.4 Å². The average molecular weight is 310 g/mol. The second-order valence-corrected chi connectivity index (χ2v) is 8.04. The maximum absolute atomic E-state index is 12.6. The van der Waals surface area contributed by atoms with Crippen LogP contribution in [0.2, 0.25) is 0 Å². The van der Waals surface area contributed by atoms with Crippen molar-refractivity contribution in [3.05, 3.63) is 35.4 Å². The smallest absolute Gasteiger partial charge is 0.218 e. The first-order valence-corrected chi connectivity index (χ1v) is 8.86. The summed E-state index contributed by atoms with van der Waals surface area (Å²) in [4.78, 5) is 0.249. The van der Waals surface area contributed by atoms with Crippen LogP contribution in [0.25, 0.3) is 0 Å². The van der Waals surface area contributed by atoms with E-state index in [4.69, 9.17) is 18.0 Å². The Hall–Kier alpha value is -0.980. The molecule has 1 heterocycles. The lowest BCUT2D eigenvalue weighted by atomic mass is 10.1. The van der Waals surface area contributed by atoms with Crippen LogP contribution < -0.4 is 5.73 Å². The highest BCUT2D eigenvalue weighted by molar-refractivity contribution is 7.88. The van der Waals surface area contributed by atoms with E-state index in [1.807, 2.05) is 12.1 Å². The lowest BCUT2D eigenvalue weighted by Crippen LogP contribution is -2.38. The first-order chi connectivity index (χ1) is 9.47. The summed E-state index contributed by atoms with van der Waals surface area (Å²) in [5.74, 6) is 0.546. The number of thiocarbonyl (C=S) groups is 1. The Morgan fingerprint density at radius 3 is 2.70 bits per heavy atom. The Morgan fingerprint density at radius 1 is 1.35 bits per heavy atom. The molecule has 2 unspecified atom stereocenters. The summed E-state index contributed by atoms with van der Waals surface area (Å²) in [5.41, 5.74) is 7.03. The second-order valence-electron chi connectivity index (χ2n) is 5.68. The molecule has 0 spiro atoms. The Bertz CT molecular complexity index is 642. The molecule has 2 atom stereocenters. The number of rotatable bonds is 4. The van der Waals surface area contributed by atoms with Gasteiger partial charge in [0.2, 0.25) is 10.0 Å². The predicted molar refractivity (Wildman–Crippen MR) is 82.8 cm³/mol. The summed E-state index contributed by atoms with van der Waals surface area (Å²) in [6.45, 7) is 0.683. The maximum atomic E-state index is 12.6. The van der Waals surface area contributed by atoms with Gasteiger partial charge in [0, 0.05) is 18.2 Å². The van der Waals surface area contributed by atoms with Gasteiger partial charge in [0.1, 0.15) is 4.99 Å². The standard InChI is InChI=1S/C14H18N2O2S2/c15-14(19)13-4-2-1-3-11(13)9-20(17,18)16-8-10-5-6-12(16)7-10/h1-4,10,12H,5-9H2,(H2,15,19). The number of piperidine rings is 1. The van der Waals surface area contributed by atoms with E-state index >= 15 is 0 Å². The third-order valence-corrected chi connectivity index (χ3v) is 6.39. The third-order valence-electron chi connectivity index (χ3n) is 4.34. The van der Waals surface area contributed by atoms with E-state index in [1.54, 1.807) is 16.4 Å². The quantitative estimate of drug-likeness (QED) is 0.859. The van der Waals surface area contributed by atoms with Crippen molar-refractivity contribution in [3.8, 4) is 0 Å². The minimum atomic E-state index is -3.28. The summed E-state index contributed by atoms with van der Waals surface area (Å²) in [5, 5.41) is 0. The molecule has 1 aromatic rings. The Labute approximate surface area is 125 Å². The molecule has 20 heavy (non-hydrogen) atoms. The molecule has 2 fully saturated rings. The van der Waals surface area contributed by atoms with Crippen molar-refractivity contribution in [2.75, 3.05) is 6.54 Å². The van der Waals surface area contributed by atoms with E-state index in [1.165, 1.54) is 6.42 Å². The van der Waals surface area contributed by atoms with Crippen molar-refractivity contribution in [1.29, 1.82) is 0 Å². The fourth-order valence-electron chi connectivity index (χ4n) is 3.39. The molecule has 1 aliphatic carbocycles. The number of benzene rings is 1. The van der Waals surface area contributed by atoms with Crippen LogP contribution in [0, 0.1) is 5.92 Å². The molecule has 2 aliphatic rings. The first-order valence-electron chi connectivity index (χ1n) is 6.84. The SMILES string of the molecule is NC(=S)c1ccccc1CS(=O)(=O)N1CC2CCC1C2. The maximum Gasteiger partial charge on any atom is 0.218 e. The summed E-state index contributed by atoms with van der Waals surface area (Å²) in [6, 6.07) is 7.43. The highest BCUT2D eigenvalue weighted by atomic mass is 32.2. The molecule has 1 saturated heterocycles. The van der Waals surface area contributed by atoms with Gasteiger partial charge in [-0.1, -0.05) is 36.5 Å². The van der Waals surface area contributed by atoms with Gasteiger partial charge >= 0.3 is 0 Å². The number of hydrogen-bond donors (Lipinski definition) is 1. The van der Waals surface area contributed by atoms with Gasteiger partial charge in [-0.2, -0.15) is 4.31 Å². The van der Waals surface area contributed by atoms with Gasteiger partial charge in [-0.05, 0) is 30.7 Å². The third kappa shape index (κ3) is 2.47. The van der Waals surface area contributed by atoms with Crippen molar-refractivity contribution in [2.24, 2.45) is 11.7 Å². The van der Waals surface area contributed by atoms with E-state index < -0.39 is 10.0 Å². The minimum Gasteiger partial charge on any atom is -0.389 e.